The number of ether oxygens (including phenoxy) is 1. The van der Waals surface area contributed by atoms with E-state index in [1.807, 2.05) is 20.8 Å². The molecule has 4 heteroatoms. The highest BCUT2D eigenvalue weighted by Crippen LogP contribution is 2.37. The molecule has 0 radical (unpaired) electrons. The fraction of sp³-hybridized carbons (Fsp3) is 0.941. The van der Waals surface area contributed by atoms with Gasteiger partial charge in [-0.25, -0.2) is 4.79 Å². The van der Waals surface area contributed by atoms with Crippen LogP contribution in [-0.2, 0) is 4.74 Å². The van der Waals surface area contributed by atoms with Crippen molar-refractivity contribution in [2.75, 3.05) is 0 Å². The van der Waals surface area contributed by atoms with Gasteiger partial charge in [-0.15, -0.1) is 0 Å². The van der Waals surface area contributed by atoms with Gasteiger partial charge >= 0.3 is 6.09 Å². The molecule has 0 aromatic rings. The van der Waals surface area contributed by atoms with Crippen LogP contribution < -0.4 is 10.6 Å². The molecule has 0 heterocycles. The third-order valence-electron chi connectivity index (χ3n) is 4.64. The quantitative estimate of drug-likeness (QED) is 0.836. The Morgan fingerprint density at radius 2 is 1.81 bits per heavy atom. The van der Waals surface area contributed by atoms with Crippen LogP contribution in [-0.4, -0.2) is 29.8 Å². The van der Waals surface area contributed by atoms with Crippen LogP contribution in [0.2, 0.25) is 0 Å². The first kappa shape index (κ1) is 16.6. The van der Waals surface area contributed by atoms with Gasteiger partial charge in [0.25, 0.3) is 0 Å². The molecular formula is C17H32N2O2. The Bertz CT molecular complexity index is 373. The summed E-state index contributed by atoms with van der Waals surface area (Å²) in [5, 5.41) is 6.84. The van der Waals surface area contributed by atoms with E-state index in [0.717, 1.165) is 12.8 Å². The van der Waals surface area contributed by atoms with Gasteiger partial charge in [-0.1, -0.05) is 13.8 Å². The van der Waals surface area contributed by atoms with Crippen LogP contribution in [0.3, 0.4) is 0 Å². The first-order chi connectivity index (χ1) is 9.65. The first-order valence-corrected chi connectivity index (χ1v) is 8.40. The number of carbonyl (C=O) groups excluding carboxylic acids is 1. The summed E-state index contributed by atoms with van der Waals surface area (Å²) < 4.78 is 5.37. The predicted octanol–water partition coefficient (Wildman–Crippen LogP) is 3.60. The van der Waals surface area contributed by atoms with E-state index in [1.165, 1.54) is 25.7 Å². The Hall–Kier alpha value is -0.770. The molecule has 0 aliphatic heterocycles. The summed E-state index contributed by atoms with van der Waals surface area (Å²) in [6.45, 7) is 10.4. The molecular weight excluding hydrogens is 264 g/mol. The standard InChI is InChI=1S/C17H32N2O2/c1-16(2,3)21-15(20)19-14-8-6-7-13(14)18-12-9-10-17(4,5)11-12/h12-14,18H,6-11H2,1-5H3,(H,19,20). The highest BCUT2D eigenvalue weighted by atomic mass is 16.6. The van der Waals surface area contributed by atoms with Crippen LogP contribution in [0, 0.1) is 5.41 Å². The molecule has 122 valence electrons. The fourth-order valence-electron chi connectivity index (χ4n) is 3.67. The normalized spacial score (nSPS) is 32.1. The Labute approximate surface area is 129 Å². The van der Waals surface area contributed by atoms with Gasteiger partial charge in [0.2, 0.25) is 0 Å². The van der Waals surface area contributed by atoms with Gasteiger partial charge in [0.05, 0.1) is 0 Å². The predicted molar refractivity (Wildman–Crippen MR) is 85.4 cm³/mol. The lowest BCUT2D eigenvalue weighted by molar-refractivity contribution is 0.0496. The number of alkyl carbamates (subject to hydrolysis) is 1. The number of hydrogen-bond donors (Lipinski definition) is 2. The van der Waals surface area contributed by atoms with E-state index < -0.39 is 5.60 Å². The summed E-state index contributed by atoms with van der Waals surface area (Å²) in [7, 11) is 0. The molecule has 2 aliphatic rings. The van der Waals surface area contributed by atoms with Crippen molar-refractivity contribution < 1.29 is 9.53 Å². The third-order valence-corrected chi connectivity index (χ3v) is 4.64. The van der Waals surface area contributed by atoms with Crippen molar-refractivity contribution in [3.63, 3.8) is 0 Å². The third kappa shape index (κ3) is 5.17. The van der Waals surface area contributed by atoms with Crippen LogP contribution in [0.15, 0.2) is 0 Å². The van der Waals surface area contributed by atoms with E-state index in [-0.39, 0.29) is 12.1 Å². The SMILES string of the molecule is CC1(C)CCC(NC2CCCC2NC(=O)OC(C)(C)C)C1. The van der Waals surface area contributed by atoms with Crippen molar-refractivity contribution in [1.82, 2.24) is 10.6 Å². The highest BCUT2D eigenvalue weighted by Gasteiger charge is 2.36. The Morgan fingerprint density at radius 3 is 2.38 bits per heavy atom. The van der Waals surface area contributed by atoms with E-state index in [4.69, 9.17) is 4.74 Å². The maximum absolute atomic E-state index is 11.9. The van der Waals surface area contributed by atoms with Gasteiger partial charge in [0.15, 0.2) is 0 Å². The van der Waals surface area contributed by atoms with Gasteiger partial charge in [-0.3, -0.25) is 0 Å². The zero-order valence-corrected chi connectivity index (χ0v) is 14.3. The maximum atomic E-state index is 11.9. The van der Waals surface area contributed by atoms with Crippen LogP contribution in [0.5, 0.6) is 0 Å². The summed E-state index contributed by atoms with van der Waals surface area (Å²) in [5.74, 6) is 0. The van der Waals surface area contributed by atoms with Crippen LogP contribution in [0.1, 0.15) is 73.1 Å². The fourth-order valence-corrected chi connectivity index (χ4v) is 3.67. The molecule has 0 bridgehead atoms. The molecule has 2 N–H and O–H groups in total. The van der Waals surface area contributed by atoms with Crippen molar-refractivity contribution in [3.8, 4) is 0 Å². The summed E-state index contributed by atoms with van der Waals surface area (Å²) >= 11 is 0. The van der Waals surface area contributed by atoms with Crippen molar-refractivity contribution in [1.29, 1.82) is 0 Å². The summed E-state index contributed by atoms with van der Waals surface area (Å²) in [5.41, 5.74) is 0.0332. The van der Waals surface area contributed by atoms with E-state index in [9.17, 15) is 4.79 Å². The largest absolute Gasteiger partial charge is 0.444 e. The molecule has 0 spiro atoms. The van der Waals surface area contributed by atoms with E-state index in [0.29, 0.717) is 17.5 Å². The van der Waals surface area contributed by atoms with E-state index in [1.54, 1.807) is 0 Å². The second-order valence-electron chi connectivity index (χ2n) is 8.56. The number of hydrogen-bond acceptors (Lipinski definition) is 3. The smallest absolute Gasteiger partial charge is 0.407 e. The van der Waals surface area contributed by atoms with Crippen LogP contribution in [0.4, 0.5) is 4.79 Å². The van der Waals surface area contributed by atoms with Crippen LogP contribution >= 0.6 is 0 Å². The molecule has 0 saturated heterocycles. The lowest BCUT2D eigenvalue weighted by Gasteiger charge is -2.28. The second kappa shape index (κ2) is 6.15. The maximum Gasteiger partial charge on any atom is 0.407 e. The molecule has 4 nitrogen and oxygen atoms in total. The number of amides is 1. The zero-order valence-electron chi connectivity index (χ0n) is 14.3. The number of nitrogens with one attached hydrogen (secondary N) is 2. The minimum atomic E-state index is -0.429. The second-order valence-corrected chi connectivity index (χ2v) is 8.56. The molecule has 3 atom stereocenters. The average molecular weight is 296 g/mol. The Balaban J connectivity index is 1.82. The minimum absolute atomic E-state index is 0.212. The van der Waals surface area contributed by atoms with Gasteiger partial charge in [-0.05, 0) is 64.7 Å². The summed E-state index contributed by atoms with van der Waals surface area (Å²) in [6.07, 6.45) is 6.87. The lowest BCUT2D eigenvalue weighted by Crippen LogP contribution is -2.50. The van der Waals surface area contributed by atoms with Gasteiger partial charge in [0, 0.05) is 18.1 Å². The summed E-state index contributed by atoms with van der Waals surface area (Å²) in [4.78, 5) is 11.9. The molecule has 0 aromatic carbocycles. The van der Waals surface area contributed by atoms with Crippen molar-refractivity contribution in [2.24, 2.45) is 5.41 Å². The zero-order chi connectivity index (χ0) is 15.7. The number of carbonyl (C=O) groups is 1. The van der Waals surface area contributed by atoms with Gasteiger partial charge < -0.3 is 15.4 Å². The molecule has 21 heavy (non-hydrogen) atoms. The van der Waals surface area contributed by atoms with Crippen molar-refractivity contribution in [3.05, 3.63) is 0 Å². The number of rotatable bonds is 3. The van der Waals surface area contributed by atoms with Crippen LogP contribution in [0.25, 0.3) is 0 Å². The molecule has 2 aliphatic carbocycles. The lowest BCUT2D eigenvalue weighted by atomic mass is 9.91. The average Bonchev–Trinajstić information content (AvgIpc) is 2.84. The Morgan fingerprint density at radius 1 is 1.14 bits per heavy atom. The van der Waals surface area contributed by atoms with Crippen molar-refractivity contribution >= 4 is 6.09 Å². The molecule has 3 unspecified atom stereocenters. The minimum Gasteiger partial charge on any atom is -0.444 e. The summed E-state index contributed by atoms with van der Waals surface area (Å²) in [6, 6.07) is 1.21. The van der Waals surface area contributed by atoms with Crippen molar-refractivity contribution in [2.45, 2.75) is 96.9 Å². The van der Waals surface area contributed by atoms with Gasteiger partial charge in [-0.2, -0.15) is 0 Å². The highest BCUT2D eigenvalue weighted by molar-refractivity contribution is 5.68. The van der Waals surface area contributed by atoms with E-state index in [2.05, 4.69) is 24.5 Å². The molecule has 0 aromatic heterocycles. The topological polar surface area (TPSA) is 50.4 Å². The molecule has 2 fully saturated rings. The van der Waals surface area contributed by atoms with Gasteiger partial charge in [0.1, 0.15) is 5.60 Å². The first-order valence-electron chi connectivity index (χ1n) is 8.40. The molecule has 2 rings (SSSR count). The molecule has 2 saturated carbocycles. The molecule has 1 amide bonds. The monoisotopic (exact) mass is 296 g/mol. The Kier molecular flexibility index (Phi) is 4.86. The van der Waals surface area contributed by atoms with E-state index >= 15 is 0 Å².